The van der Waals surface area contributed by atoms with Gasteiger partial charge in [0.15, 0.2) is 0 Å². The fourth-order valence-corrected chi connectivity index (χ4v) is 1.87. The highest BCUT2D eigenvalue weighted by Gasteiger charge is 2.32. The normalized spacial score (nSPS) is 21.9. The summed E-state index contributed by atoms with van der Waals surface area (Å²) in [6.07, 6.45) is 0. The highest BCUT2D eigenvalue weighted by atomic mass is 16.2. The third-order valence-corrected chi connectivity index (χ3v) is 2.73. The number of carbonyl (C=O) groups excluding carboxylic acids is 1. The Morgan fingerprint density at radius 2 is 1.86 bits per heavy atom. The lowest BCUT2D eigenvalue weighted by molar-refractivity contribution is 0.201. The molecule has 1 unspecified atom stereocenters. The molecule has 0 N–H and O–H groups in total. The van der Waals surface area contributed by atoms with Gasteiger partial charge in [-0.3, -0.25) is 0 Å². The molecule has 1 aliphatic rings. The highest BCUT2D eigenvalue weighted by molar-refractivity contribution is 5.76. The molecule has 0 aliphatic carbocycles. The Morgan fingerprint density at radius 1 is 1.21 bits per heavy atom. The first-order valence-corrected chi connectivity index (χ1v) is 4.73. The summed E-state index contributed by atoms with van der Waals surface area (Å²) in [5.74, 6) is 0. The molecule has 1 atom stereocenters. The van der Waals surface area contributed by atoms with Gasteiger partial charge in [-0.2, -0.15) is 0 Å². The molecule has 3 heteroatoms. The fraction of sp³-hybridized carbons (Fsp3) is 0.364. The van der Waals surface area contributed by atoms with Crippen LogP contribution < -0.4 is 0 Å². The molecule has 0 radical (unpaired) electrons. The molecule has 1 aliphatic heterocycles. The van der Waals surface area contributed by atoms with Crippen molar-refractivity contribution < 1.29 is 4.79 Å². The maximum atomic E-state index is 11.5. The van der Waals surface area contributed by atoms with Crippen LogP contribution in [0.2, 0.25) is 0 Å². The predicted octanol–water partition coefficient (Wildman–Crippen LogP) is 1.72. The van der Waals surface area contributed by atoms with Crippen LogP contribution in [0.5, 0.6) is 0 Å². The van der Waals surface area contributed by atoms with Gasteiger partial charge in [-0.1, -0.05) is 30.3 Å². The van der Waals surface area contributed by atoms with E-state index in [0.717, 1.165) is 6.54 Å². The van der Waals surface area contributed by atoms with Crippen LogP contribution in [0, 0.1) is 0 Å². The van der Waals surface area contributed by atoms with Crippen LogP contribution in [0.25, 0.3) is 0 Å². The summed E-state index contributed by atoms with van der Waals surface area (Å²) in [4.78, 5) is 15.1. The number of nitrogens with zero attached hydrogens (tertiary/aromatic N) is 2. The van der Waals surface area contributed by atoms with E-state index in [1.54, 1.807) is 9.80 Å². The molecule has 1 aromatic rings. The van der Waals surface area contributed by atoms with Gasteiger partial charge >= 0.3 is 6.03 Å². The Hall–Kier alpha value is -1.51. The Labute approximate surface area is 83.9 Å². The molecule has 1 heterocycles. The summed E-state index contributed by atoms with van der Waals surface area (Å²) in [7, 11) is 3.69. The predicted molar refractivity (Wildman–Crippen MR) is 55.0 cm³/mol. The Kier molecular flexibility index (Phi) is 2.15. The molecule has 2 rings (SSSR count). The number of hydrogen-bond acceptors (Lipinski definition) is 1. The number of carbonyl (C=O) groups is 1. The van der Waals surface area contributed by atoms with E-state index in [-0.39, 0.29) is 12.1 Å². The molecule has 1 fully saturated rings. The van der Waals surface area contributed by atoms with Gasteiger partial charge in [-0.05, 0) is 5.56 Å². The second kappa shape index (κ2) is 3.33. The van der Waals surface area contributed by atoms with E-state index >= 15 is 0 Å². The van der Waals surface area contributed by atoms with Crippen LogP contribution in [-0.2, 0) is 0 Å². The van der Waals surface area contributed by atoms with Gasteiger partial charge in [0.05, 0.1) is 6.04 Å². The molecule has 0 spiro atoms. The third kappa shape index (κ3) is 1.35. The van der Waals surface area contributed by atoms with Crippen molar-refractivity contribution in [3.8, 4) is 0 Å². The quantitative estimate of drug-likeness (QED) is 0.661. The van der Waals surface area contributed by atoms with Gasteiger partial charge < -0.3 is 9.80 Å². The lowest BCUT2D eigenvalue weighted by Crippen LogP contribution is -2.26. The molecular weight excluding hydrogens is 176 g/mol. The maximum Gasteiger partial charge on any atom is 0.320 e. The van der Waals surface area contributed by atoms with Crippen LogP contribution in [0.1, 0.15) is 11.6 Å². The monoisotopic (exact) mass is 190 g/mol. The fourth-order valence-electron chi connectivity index (χ4n) is 1.87. The van der Waals surface area contributed by atoms with Crippen LogP contribution in [0.15, 0.2) is 30.3 Å². The van der Waals surface area contributed by atoms with E-state index in [1.165, 1.54) is 5.56 Å². The number of amides is 2. The van der Waals surface area contributed by atoms with E-state index in [1.807, 2.05) is 32.3 Å². The number of likely N-dealkylation sites (N-methyl/N-ethyl adjacent to an activating group) is 2. The zero-order valence-corrected chi connectivity index (χ0v) is 8.47. The number of benzene rings is 1. The summed E-state index contributed by atoms with van der Waals surface area (Å²) in [6, 6.07) is 10.4. The minimum absolute atomic E-state index is 0.0962. The van der Waals surface area contributed by atoms with Gasteiger partial charge in [0.1, 0.15) is 0 Å². The summed E-state index contributed by atoms with van der Waals surface area (Å²) in [5.41, 5.74) is 1.20. The van der Waals surface area contributed by atoms with Gasteiger partial charge in [-0.25, -0.2) is 4.79 Å². The minimum atomic E-state index is 0.0962. The summed E-state index contributed by atoms with van der Waals surface area (Å²) in [6.45, 7) is 0.777. The van der Waals surface area contributed by atoms with Gasteiger partial charge in [0.25, 0.3) is 0 Å². The van der Waals surface area contributed by atoms with Gasteiger partial charge in [0.2, 0.25) is 0 Å². The first-order valence-electron chi connectivity index (χ1n) is 4.73. The molecule has 1 saturated heterocycles. The van der Waals surface area contributed by atoms with Gasteiger partial charge in [-0.15, -0.1) is 0 Å². The van der Waals surface area contributed by atoms with Gasteiger partial charge in [0, 0.05) is 20.6 Å². The summed E-state index contributed by atoms with van der Waals surface area (Å²) < 4.78 is 0. The van der Waals surface area contributed by atoms with Crippen molar-refractivity contribution in [1.29, 1.82) is 0 Å². The molecule has 0 saturated carbocycles. The van der Waals surface area contributed by atoms with E-state index < -0.39 is 0 Å². The van der Waals surface area contributed by atoms with Crippen molar-refractivity contribution in [2.45, 2.75) is 6.04 Å². The van der Waals surface area contributed by atoms with E-state index in [9.17, 15) is 4.79 Å². The Bertz CT molecular complexity index is 336. The number of rotatable bonds is 1. The topological polar surface area (TPSA) is 23.6 Å². The lowest BCUT2D eigenvalue weighted by atomic mass is 10.1. The highest BCUT2D eigenvalue weighted by Crippen LogP contribution is 2.26. The molecule has 1 aromatic carbocycles. The van der Waals surface area contributed by atoms with Crippen molar-refractivity contribution in [1.82, 2.24) is 9.80 Å². The van der Waals surface area contributed by atoms with Crippen LogP contribution in [-0.4, -0.2) is 36.5 Å². The third-order valence-electron chi connectivity index (χ3n) is 2.73. The summed E-state index contributed by atoms with van der Waals surface area (Å²) >= 11 is 0. The molecule has 0 aromatic heterocycles. The molecule has 0 bridgehead atoms. The van der Waals surface area contributed by atoms with E-state index in [0.29, 0.717) is 0 Å². The molecule has 74 valence electrons. The Balaban J connectivity index is 2.26. The minimum Gasteiger partial charge on any atom is -0.325 e. The van der Waals surface area contributed by atoms with Crippen molar-refractivity contribution in [2.75, 3.05) is 20.6 Å². The first-order chi connectivity index (χ1) is 6.70. The van der Waals surface area contributed by atoms with Crippen LogP contribution in [0.4, 0.5) is 4.79 Å². The molecule has 3 nitrogen and oxygen atoms in total. The summed E-state index contributed by atoms with van der Waals surface area (Å²) in [5, 5.41) is 0. The van der Waals surface area contributed by atoms with E-state index in [4.69, 9.17) is 0 Å². The maximum absolute atomic E-state index is 11.5. The molecule has 14 heavy (non-hydrogen) atoms. The molecule has 2 amide bonds. The average molecular weight is 190 g/mol. The first kappa shape index (κ1) is 9.06. The molecular formula is C11H14N2O. The van der Waals surface area contributed by atoms with E-state index in [2.05, 4.69) is 12.1 Å². The van der Waals surface area contributed by atoms with Crippen molar-refractivity contribution in [3.63, 3.8) is 0 Å². The lowest BCUT2D eigenvalue weighted by Gasteiger charge is -2.17. The van der Waals surface area contributed by atoms with Crippen molar-refractivity contribution >= 4 is 6.03 Å². The number of urea groups is 1. The zero-order valence-electron chi connectivity index (χ0n) is 8.47. The number of hydrogen-bond donors (Lipinski definition) is 0. The second-order valence-corrected chi connectivity index (χ2v) is 3.70. The SMILES string of the molecule is CN1CC(c2ccccc2)N(C)C1=O. The standard InChI is InChI=1S/C11H14N2O/c1-12-8-10(13(2)11(12)14)9-6-4-3-5-7-9/h3-7,10H,8H2,1-2H3. The zero-order chi connectivity index (χ0) is 10.1. The second-order valence-electron chi connectivity index (χ2n) is 3.70. The average Bonchev–Trinajstić information content (AvgIpc) is 2.47. The smallest absolute Gasteiger partial charge is 0.320 e. The largest absolute Gasteiger partial charge is 0.325 e. The van der Waals surface area contributed by atoms with Crippen LogP contribution in [0.3, 0.4) is 0 Å². The Morgan fingerprint density at radius 3 is 2.36 bits per heavy atom. The van der Waals surface area contributed by atoms with Crippen LogP contribution >= 0.6 is 0 Å². The van der Waals surface area contributed by atoms with Crippen molar-refractivity contribution in [3.05, 3.63) is 35.9 Å². The van der Waals surface area contributed by atoms with Crippen molar-refractivity contribution in [2.24, 2.45) is 0 Å².